The third kappa shape index (κ3) is 4.32. The maximum atomic E-state index is 10.8. The van der Waals surface area contributed by atoms with E-state index >= 15 is 0 Å². The van der Waals surface area contributed by atoms with E-state index in [4.69, 9.17) is 4.74 Å². The largest absolute Gasteiger partial charge is 0.435 e. The van der Waals surface area contributed by atoms with Crippen molar-refractivity contribution in [3.63, 3.8) is 0 Å². The van der Waals surface area contributed by atoms with Gasteiger partial charge in [0.2, 0.25) is 0 Å². The molecular weight excluding hydrogens is 144 g/mol. The van der Waals surface area contributed by atoms with Crippen LogP contribution in [0.15, 0.2) is 12.3 Å². The van der Waals surface area contributed by atoms with E-state index in [1.165, 1.54) is 6.26 Å². The Hall–Kier alpha value is -0.573. The summed E-state index contributed by atoms with van der Waals surface area (Å²) >= 11 is 0. The van der Waals surface area contributed by atoms with Gasteiger partial charge in [-0.25, -0.2) is 0 Å². The predicted octanol–water partition coefficient (Wildman–Crippen LogP) is 0.483. The van der Waals surface area contributed by atoms with E-state index in [9.17, 15) is 4.79 Å². The second-order valence-electron chi connectivity index (χ2n) is 2.37. The highest BCUT2D eigenvalue weighted by molar-refractivity contribution is 6.09. The number of hydrogen-bond donors (Lipinski definition) is 0. The fraction of sp³-hybridized carbons (Fsp3) is 0.571. The normalized spacial score (nSPS) is 11.1. The SMILES string of the molecule is CC(C)C(=O)OC=CC[SiH3]. The van der Waals surface area contributed by atoms with Crippen LogP contribution in [0.25, 0.3) is 0 Å². The Balaban J connectivity index is 3.49. The zero-order valence-electron chi connectivity index (χ0n) is 6.76. The first-order chi connectivity index (χ1) is 4.68. The standard InChI is InChI=1S/C7H14O2Si/c1-6(2)7(8)9-4-3-5-10/h3-4,6H,5H2,1-2,10H3. The lowest BCUT2D eigenvalue weighted by Gasteiger charge is -1.99. The first-order valence-corrected chi connectivity index (χ1v) is 4.95. The van der Waals surface area contributed by atoms with Gasteiger partial charge in [-0.15, -0.1) is 0 Å². The monoisotopic (exact) mass is 158 g/mol. The van der Waals surface area contributed by atoms with Gasteiger partial charge in [0.1, 0.15) is 0 Å². The fourth-order valence-electron chi connectivity index (χ4n) is 0.347. The molecule has 3 heteroatoms. The minimum atomic E-state index is -0.161. The minimum Gasteiger partial charge on any atom is -0.435 e. The summed E-state index contributed by atoms with van der Waals surface area (Å²) in [6.45, 7) is 3.63. The van der Waals surface area contributed by atoms with E-state index < -0.39 is 0 Å². The molecule has 2 nitrogen and oxygen atoms in total. The number of hydrogen-bond acceptors (Lipinski definition) is 2. The Bertz CT molecular complexity index is 130. The van der Waals surface area contributed by atoms with Gasteiger partial charge in [-0.05, 0) is 6.04 Å². The van der Waals surface area contributed by atoms with Crippen LogP contribution in [0.3, 0.4) is 0 Å². The summed E-state index contributed by atoms with van der Waals surface area (Å²) in [5.74, 6) is -0.190. The van der Waals surface area contributed by atoms with Gasteiger partial charge in [-0.2, -0.15) is 0 Å². The lowest BCUT2D eigenvalue weighted by atomic mass is 10.2. The first kappa shape index (κ1) is 9.43. The number of carbonyl (C=O) groups excluding carboxylic acids is 1. The van der Waals surface area contributed by atoms with Gasteiger partial charge in [-0.3, -0.25) is 4.79 Å². The molecule has 0 rings (SSSR count). The van der Waals surface area contributed by atoms with Gasteiger partial charge in [0.25, 0.3) is 0 Å². The predicted molar refractivity (Wildman–Crippen MR) is 44.8 cm³/mol. The molecular formula is C7H14O2Si. The first-order valence-electron chi connectivity index (χ1n) is 3.54. The summed E-state index contributed by atoms with van der Waals surface area (Å²) in [6.07, 6.45) is 3.35. The molecule has 0 spiro atoms. The Morgan fingerprint density at radius 3 is 2.70 bits per heavy atom. The lowest BCUT2D eigenvalue weighted by molar-refractivity contribution is -0.141. The molecule has 0 heterocycles. The zero-order chi connectivity index (χ0) is 7.98. The van der Waals surface area contributed by atoms with E-state index in [1.54, 1.807) is 0 Å². The lowest BCUT2D eigenvalue weighted by Crippen LogP contribution is -2.07. The highest BCUT2D eigenvalue weighted by atomic mass is 28.1. The molecule has 10 heavy (non-hydrogen) atoms. The molecule has 0 amide bonds. The fourth-order valence-corrected chi connectivity index (χ4v) is 0.540. The number of allylic oxidation sites excluding steroid dienone is 1. The molecule has 0 radical (unpaired) electrons. The third-order valence-corrected chi connectivity index (χ3v) is 1.46. The van der Waals surface area contributed by atoms with Gasteiger partial charge in [0, 0.05) is 10.2 Å². The minimum absolute atomic E-state index is 0.0289. The van der Waals surface area contributed by atoms with E-state index in [2.05, 4.69) is 0 Å². The van der Waals surface area contributed by atoms with E-state index in [-0.39, 0.29) is 11.9 Å². The average molecular weight is 158 g/mol. The van der Waals surface area contributed by atoms with Crippen molar-refractivity contribution in [1.29, 1.82) is 0 Å². The Kier molecular flexibility index (Phi) is 4.93. The van der Waals surface area contributed by atoms with Crippen LogP contribution in [-0.2, 0) is 9.53 Å². The third-order valence-electron chi connectivity index (χ3n) is 0.988. The van der Waals surface area contributed by atoms with Crippen LogP contribution in [0, 0.1) is 5.92 Å². The van der Waals surface area contributed by atoms with Crippen LogP contribution in [0.5, 0.6) is 0 Å². The molecule has 0 aliphatic heterocycles. The second-order valence-corrected chi connectivity index (χ2v) is 3.19. The molecule has 0 fully saturated rings. The Labute approximate surface area is 64.7 Å². The molecule has 0 atom stereocenters. The molecule has 0 aromatic heterocycles. The van der Waals surface area contributed by atoms with Crippen molar-refractivity contribution in [3.05, 3.63) is 12.3 Å². The summed E-state index contributed by atoms with van der Waals surface area (Å²) in [7, 11) is 1.12. The summed E-state index contributed by atoms with van der Waals surface area (Å²) < 4.78 is 4.75. The summed E-state index contributed by atoms with van der Waals surface area (Å²) in [6, 6.07) is 1.03. The van der Waals surface area contributed by atoms with Gasteiger partial charge >= 0.3 is 5.97 Å². The molecule has 0 bridgehead atoms. The Morgan fingerprint density at radius 1 is 1.70 bits per heavy atom. The van der Waals surface area contributed by atoms with E-state index in [0.717, 1.165) is 16.3 Å². The molecule has 0 aliphatic rings. The molecule has 0 saturated carbocycles. The van der Waals surface area contributed by atoms with Crippen molar-refractivity contribution < 1.29 is 9.53 Å². The molecule has 0 N–H and O–H groups in total. The number of ether oxygens (including phenoxy) is 1. The molecule has 0 unspecified atom stereocenters. The van der Waals surface area contributed by atoms with E-state index in [1.807, 2.05) is 19.9 Å². The van der Waals surface area contributed by atoms with Crippen molar-refractivity contribution in [3.8, 4) is 0 Å². The van der Waals surface area contributed by atoms with Crippen LogP contribution >= 0.6 is 0 Å². The maximum Gasteiger partial charge on any atom is 0.313 e. The van der Waals surface area contributed by atoms with Gasteiger partial charge < -0.3 is 4.74 Å². The van der Waals surface area contributed by atoms with Crippen molar-refractivity contribution in [2.24, 2.45) is 5.92 Å². The second kappa shape index (κ2) is 5.23. The number of carbonyl (C=O) groups is 1. The zero-order valence-corrected chi connectivity index (χ0v) is 8.76. The summed E-state index contributed by atoms with van der Waals surface area (Å²) in [5.41, 5.74) is 0. The van der Waals surface area contributed by atoms with Crippen molar-refractivity contribution in [2.45, 2.75) is 19.9 Å². The molecule has 0 aliphatic carbocycles. The summed E-state index contributed by atoms with van der Waals surface area (Å²) in [5, 5.41) is 0. The quantitative estimate of drug-likeness (QED) is 0.339. The summed E-state index contributed by atoms with van der Waals surface area (Å²) in [4.78, 5) is 10.8. The van der Waals surface area contributed by atoms with Crippen LogP contribution < -0.4 is 0 Å². The van der Waals surface area contributed by atoms with Crippen LogP contribution in [0.4, 0.5) is 0 Å². The highest BCUT2D eigenvalue weighted by Gasteiger charge is 2.04. The number of rotatable bonds is 3. The van der Waals surface area contributed by atoms with Crippen LogP contribution in [0.1, 0.15) is 13.8 Å². The van der Waals surface area contributed by atoms with Gasteiger partial charge in [0.05, 0.1) is 12.2 Å². The highest BCUT2D eigenvalue weighted by Crippen LogP contribution is 1.95. The molecule has 0 saturated heterocycles. The van der Waals surface area contributed by atoms with Gasteiger partial charge in [0.15, 0.2) is 0 Å². The van der Waals surface area contributed by atoms with Crippen molar-refractivity contribution in [2.75, 3.05) is 0 Å². The molecule has 0 aromatic carbocycles. The van der Waals surface area contributed by atoms with Crippen LogP contribution in [0.2, 0.25) is 6.04 Å². The van der Waals surface area contributed by atoms with Crippen molar-refractivity contribution in [1.82, 2.24) is 0 Å². The average Bonchev–Trinajstić information content (AvgIpc) is 1.88. The molecule has 0 aromatic rings. The topological polar surface area (TPSA) is 26.3 Å². The number of esters is 1. The van der Waals surface area contributed by atoms with E-state index in [0.29, 0.717) is 0 Å². The smallest absolute Gasteiger partial charge is 0.313 e. The van der Waals surface area contributed by atoms with Gasteiger partial charge in [-0.1, -0.05) is 19.9 Å². The Morgan fingerprint density at radius 2 is 2.30 bits per heavy atom. The molecule has 58 valence electrons. The maximum absolute atomic E-state index is 10.8. The van der Waals surface area contributed by atoms with Crippen LogP contribution in [-0.4, -0.2) is 16.2 Å². The van der Waals surface area contributed by atoms with Crippen molar-refractivity contribution >= 4 is 16.2 Å².